The van der Waals surface area contributed by atoms with Gasteiger partial charge in [0.1, 0.15) is 10.6 Å². The predicted molar refractivity (Wildman–Crippen MR) is 135 cm³/mol. The molecule has 3 N–H and O–H groups in total. The summed E-state index contributed by atoms with van der Waals surface area (Å²) in [6.07, 6.45) is 2.55. The maximum Gasteiger partial charge on any atom is 0.335 e. The van der Waals surface area contributed by atoms with Gasteiger partial charge in [-0.1, -0.05) is 43.4 Å². The minimum absolute atomic E-state index is 0.166. The van der Waals surface area contributed by atoms with Crippen molar-refractivity contribution in [1.82, 2.24) is 19.7 Å². The van der Waals surface area contributed by atoms with Crippen molar-refractivity contribution < 1.29 is 9.90 Å². The number of nitrogens with one attached hydrogen (secondary N) is 2. The maximum atomic E-state index is 12.5. The molecule has 0 saturated heterocycles. The molecule has 0 radical (unpaired) electrons. The van der Waals surface area contributed by atoms with Crippen molar-refractivity contribution in [3.8, 4) is 11.6 Å². The minimum atomic E-state index is -0.763. The summed E-state index contributed by atoms with van der Waals surface area (Å²) < 4.78 is 1.05. The number of carbonyl (C=O) groups excluding carboxylic acids is 1. The number of hydrogen-bond donors (Lipinski definition) is 3. The summed E-state index contributed by atoms with van der Waals surface area (Å²) in [5.74, 6) is -0.849. The molecular weight excluding hydrogens is 468 g/mol. The summed E-state index contributed by atoms with van der Waals surface area (Å²) in [7, 11) is 0. The quantitative estimate of drug-likeness (QED) is 0.340. The van der Waals surface area contributed by atoms with E-state index < -0.39 is 17.1 Å². The Labute approximate surface area is 203 Å². The van der Waals surface area contributed by atoms with Gasteiger partial charge in [0.25, 0.3) is 11.5 Å². The molecule has 4 rings (SSSR count). The van der Waals surface area contributed by atoms with E-state index in [2.05, 4.69) is 25.5 Å². The Balaban J connectivity index is 1.58. The van der Waals surface area contributed by atoms with E-state index in [4.69, 9.17) is 0 Å². The molecule has 2 aromatic heterocycles. The number of aromatic nitrogens is 4. The molecule has 0 aliphatic rings. The third-order valence-electron chi connectivity index (χ3n) is 5.20. The van der Waals surface area contributed by atoms with Gasteiger partial charge < -0.3 is 5.11 Å². The van der Waals surface area contributed by atoms with Crippen molar-refractivity contribution in [1.29, 1.82) is 0 Å². The van der Waals surface area contributed by atoms with Gasteiger partial charge in [0.05, 0.1) is 11.4 Å². The van der Waals surface area contributed by atoms with Gasteiger partial charge in [0, 0.05) is 11.8 Å². The fourth-order valence-electron chi connectivity index (χ4n) is 3.36. The smallest absolute Gasteiger partial charge is 0.335 e. The van der Waals surface area contributed by atoms with Crippen LogP contribution in [0.15, 0.2) is 63.1 Å². The van der Waals surface area contributed by atoms with Crippen LogP contribution in [-0.2, 0) is 12.8 Å². The predicted octanol–water partition coefficient (Wildman–Crippen LogP) is 3.21. The molecule has 2 aromatic carbocycles. The molecule has 0 atom stereocenters. The highest BCUT2D eigenvalue weighted by Crippen LogP contribution is 2.21. The van der Waals surface area contributed by atoms with Crippen LogP contribution in [0.4, 0.5) is 10.8 Å². The van der Waals surface area contributed by atoms with Gasteiger partial charge >= 0.3 is 5.69 Å². The number of benzene rings is 2. The van der Waals surface area contributed by atoms with Crippen LogP contribution in [-0.4, -0.2) is 37.0 Å². The molecule has 0 fully saturated rings. The van der Waals surface area contributed by atoms with Gasteiger partial charge in [-0.3, -0.25) is 24.9 Å². The summed E-state index contributed by atoms with van der Waals surface area (Å²) >= 11 is 1.31. The lowest BCUT2D eigenvalue weighted by Crippen LogP contribution is -2.31. The van der Waals surface area contributed by atoms with Crippen LogP contribution in [0.2, 0.25) is 0 Å². The zero-order valence-corrected chi connectivity index (χ0v) is 19.8. The SMILES string of the molecule is CCc1nnc(NC(=O)c2ccc(N=Cc3c(O)n(-c4ccccc4CC)c(=O)[nH]c3=O)cc2)s1. The van der Waals surface area contributed by atoms with Gasteiger partial charge in [-0.05, 0) is 48.7 Å². The molecule has 0 aliphatic carbocycles. The van der Waals surface area contributed by atoms with Crippen molar-refractivity contribution in [2.45, 2.75) is 26.7 Å². The van der Waals surface area contributed by atoms with Crippen molar-refractivity contribution in [2.24, 2.45) is 4.99 Å². The molecule has 0 bridgehead atoms. The largest absolute Gasteiger partial charge is 0.493 e. The fourth-order valence-corrected chi connectivity index (χ4v) is 4.04. The molecule has 0 saturated carbocycles. The lowest BCUT2D eigenvalue weighted by molar-refractivity contribution is 0.102. The molecule has 4 aromatic rings. The number of rotatable bonds is 7. The molecule has 35 heavy (non-hydrogen) atoms. The van der Waals surface area contributed by atoms with E-state index in [9.17, 15) is 19.5 Å². The molecule has 0 unspecified atom stereocenters. The third kappa shape index (κ3) is 5.09. The number of nitrogens with zero attached hydrogens (tertiary/aromatic N) is 4. The average molecular weight is 491 g/mol. The third-order valence-corrected chi connectivity index (χ3v) is 6.18. The minimum Gasteiger partial charge on any atom is -0.493 e. The van der Waals surface area contributed by atoms with E-state index in [0.29, 0.717) is 28.5 Å². The summed E-state index contributed by atoms with van der Waals surface area (Å²) in [5, 5.41) is 22.6. The highest BCUT2D eigenvalue weighted by Gasteiger charge is 2.16. The maximum absolute atomic E-state index is 12.5. The number of aryl methyl sites for hydroxylation is 2. The van der Waals surface area contributed by atoms with Crippen LogP contribution in [0, 0.1) is 0 Å². The van der Waals surface area contributed by atoms with E-state index in [1.165, 1.54) is 17.6 Å². The van der Waals surface area contributed by atoms with Crippen LogP contribution in [0.3, 0.4) is 0 Å². The number of carbonyl (C=O) groups is 1. The Morgan fingerprint density at radius 3 is 2.54 bits per heavy atom. The summed E-state index contributed by atoms with van der Waals surface area (Å²) in [5.41, 5.74) is 0.455. The molecule has 10 nitrogen and oxygen atoms in total. The van der Waals surface area contributed by atoms with E-state index >= 15 is 0 Å². The van der Waals surface area contributed by atoms with Gasteiger partial charge in [-0.25, -0.2) is 9.36 Å². The topological polar surface area (TPSA) is 142 Å². The Hall–Kier alpha value is -4.38. The lowest BCUT2D eigenvalue weighted by atomic mass is 10.1. The summed E-state index contributed by atoms with van der Waals surface area (Å²) in [6, 6.07) is 13.4. The number of para-hydroxylation sites is 1. The molecular formula is C24H22N6O4S. The van der Waals surface area contributed by atoms with Gasteiger partial charge in [0.2, 0.25) is 11.0 Å². The number of aromatic hydroxyl groups is 1. The first kappa shape index (κ1) is 23.8. The fraction of sp³-hybridized carbons (Fsp3) is 0.167. The van der Waals surface area contributed by atoms with Crippen molar-refractivity contribution in [3.05, 3.63) is 91.1 Å². The standard InChI is InChI=1S/C24H22N6O4S/c1-3-14-7-5-6-8-18(14)30-22(33)17(21(32)27-24(30)34)13-25-16-11-9-15(10-12-16)20(31)26-23-29-28-19(4-2)35-23/h5-13,33H,3-4H2,1-2H3,(H,26,29,31)(H,27,32,34). The molecule has 11 heteroatoms. The molecule has 2 heterocycles. The van der Waals surface area contributed by atoms with Gasteiger partial charge in [-0.2, -0.15) is 0 Å². The van der Waals surface area contributed by atoms with Crippen LogP contribution in [0.5, 0.6) is 5.88 Å². The number of hydrogen-bond acceptors (Lipinski definition) is 8. The lowest BCUT2D eigenvalue weighted by Gasteiger charge is -2.13. The number of H-pyrrole nitrogens is 1. The summed E-state index contributed by atoms with van der Waals surface area (Å²) in [6.45, 7) is 3.88. The second-order valence-corrected chi connectivity index (χ2v) is 8.49. The monoisotopic (exact) mass is 490 g/mol. The zero-order valence-electron chi connectivity index (χ0n) is 19.0. The summed E-state index contributed by atoms with van der Waals surface area (Å²) in [4.78, 5) is 43.7. The average Bonchev–Trinajstić information content (AvgIpc) is 3.32. The Bertz CT molecular complexity index is 1520. The van der Waals surface area contributed by atoms with Crippen LogP contribution in [0.25, 0.3) is 5.69 Å². The first-order valence-corrected chi connectivity index (χ1v) is 11.7. The van der Waals surface area contributed by atoms with Crippen LogP contribution in [0.1, 0.15) is 40.3 Å². The Morgan fingerprint density at radius 2 is 1.86 bits per heavy atom. The highest BCUT2D eigenvalue weighted by molar-refractivity contribution is 7.15. The Kier molecular flexibility index (Phi) is 6.97. The second-order valence-electron chi connectivity index (χ2n) is 7.43. The molecule has 1 amide bonds. The van der Waals surface area contributed by atoms with Gasteiger partial charge in [0.15, 0.2) is 0 Å². The highest BCUT2D eigenvalue weighted by atomic mass is 32.1. The van der Waals surface area contributed by atoms with E-state index in [1.54, 1.807) is 36.4 Å². The zero-order chi connectivity index (χ0) is 24.9. The number of amides is 1. The number of anilines is 1. The first-order chi connectivity index (χ1) is 16.9. The van der Waals surface area contributed by atoms with Crippen molar-refractivity contribution >= 4 is 34.3 Å². The van der Waals surface area contributed by atoms with E-state index in [0.717, 1.165) is 21.6 Å². The van der Waals surface area contributed by atoms with E-state index in [-0.39, 0.29) is 11.5 Å². The van der Waals surface area contributed by atoms with Gasteiger partial charge in [-0.15, -0.1) is 10.2 Å². The van der Waals surface area contributed by atoms with Crippen molar-refractivity contribution in [2.75, 3.05) is 5.32 Å². The van der Waals surface area contributed by atoms with Crippen LogP contribution < -0.4 is 16.6 Å². The number of aliphatic imine (C=N–C) groups is 1. The first-order valence-electron chi connectivity index (χ1n) is 10.9. The number of aromatic amines is 1. The van der Waals surface area contributed by atoms with Crippen molar-refractivity contribution in [3.63, 3.8) is 0 Å². The normalized spacial score (nSPS) is 11.1. The Morgan fingerprint density at radius 1 is 1.11 bits per heavy atom. The second kappa shape index (κ2) is 10.3. The van der Waals surface area contributed by atoms with Crippen LogP contribution >= 0.6 is 11.3 Å². The van der Waals surface area contributed by atoms with E-state index in [1.807, 2.05) is 26.0 Å². The molecule has 0 spiro atoms. The molecule has 0 aliphatic heterocycles. The molecule has 178 valence electrons.